The molecule has 1 unspecified atom stereocenters. The van der Waals surface area contributed by atoms with Gasteiger partial charge in [-0.05, 0) is 38.4 Å². The molecule has 0 spiro atoms. The lowest BCUT2D eigenvalue weighted by atomic mass is 9.74. The highest BCUT2D eigenvalue weighted by Gasteiger charge is 2.30. The predicted molar refractivity (Wildman–Crippen MR) is 91.2 cm³/mol. The lowest BCUT2D eigenvalue weighted by molar-refractivity contribution is -0.122. The summed E-state index contributed by atoms with van der Waals surface area (Å²) in [6.07, 6.45) is 7.01. The molecular weight excluding hydrogens is 282 g/mol. The smallest absolute Gasteiger partial charge is 0.141 e. The molecule has 0 bridgehead atoms. The van der Waals surface area contributed by atoms with Crippen molar-refractivity contribution in [1.82, 2.24) is 4.90 Å². The molecular formula is C18H28ClNO. The van der Waals surface area contributed by atoms with Gasteiger partial charge in [-0.25, -0.2) is 0 Å². The molecule has 1 aromatic rings. The van der Waals surface area contributed by atoms with E-state index in [4.69, 9.17) is 0 Å². The Morgan fingerprint density at radius 1 is 1.14 bits per heavy atom. The third-order valence-corrected chi connectivity index (χ3v) is 4.43. The van der Waals surface area contributed by atoms with E-state index >= 15 is 0 Å². The molecule has 1 saturated carbocycles. The van der Waals surface area contributed by atoms with Gasteiger partial charge in [0.05, 0.1) is 0 Å². The Morgan fingerprint density at radius 3 is 2.33 bits per heavy atom. The standard InChI is InChI=1S/C18H27NO.ClH/c1-19(2)14-13-17(20)18(15-9-5-3-6-10-15)16-11-7-4-8-12-16;/h3,5-6,9-10,16,18H,4,7-8,11-14H2,1-2H3;1H. The van der Waals surface area contributed by atoms with Crippen LogP contribution in [0.25, 0.3) is 0 Å². The molecule has 1 aliphatic rings. The van der Waals surface area contributed by atoms with E-state index in [1.165, 1.54) is 37.7 Å². The molecule has 0 amide bonds. The normalized spacial score (nSPS) is 17.3. The summed E-state index contributed by atoms with van der Waals surface area (Å²) in [6, 6.07) is 10.4. The van der Waals surface area contributed by atoms with Crippen molar-refractivity contribution in [2.45, 2.75) is 44.4 Å². The predicted octanol–water partition coefficient (Wildman–Crippen LogP) is 4.29. The first-order chi connectivity index (χ1) is 9.68. The average Bonchev–Trinajstić information content (AvgIpc) is 2.48. The largest absolute Gasteiger partial charge is 0.309 e. The third-order valence-electron chi connectivity index (χ3n) is 4.43. The van der Waals surface area contributed by atoms with Gasteiger partial charge in [0.15, 0.2) is 0 Å². The fraction of sp³-hybridized carbons (Fsp3) is 0.611. The van der Waals surface area contributed by atoms with Crippen LogP contribution in [0.4, 0.5) is 0 Å². The van der Waals surface area contributed by atoms with Crippen molar-refractivity contribution < 1.29 is 4.79 Å². The van der Waals surface area contributed by atoms with Crippen molar-refractivity contribution >= 4 is 18.2 Å². The molecule has 0 aliphatic heterocycles. The fourth-order valence-corrected chi connectivity index (χ4v) is 3.34. The zero-order chi connectivity index (χ0) is 14.4. The maximum absolute atomic E-state index is 12.7. The van der Waals surface area contributed by atoms with Crippen LogP contribution in [0.2, 0.25) is 0 Å². The van der Waals surface area contributed by atoms with Gasteiger partial charge in [-0.15, -0.1) is 12.4 Å². The minimum Gasteiger partial charge on any atom is -0.309 e. The van der Waals surface area contributed by atoms with Crippen LogP contribution in [0.3, 0.4) is 0 Å². The van der Waals surface area contributed by atoms with Gasteiger partial charge in [0.2, 0.25) is 0 Å². The number of carbonyl (C=O) groups is 1. The molecule has 3 heteroatoms. The monoisotopic (exact) mass is 309 g/mol. The Bertz CT molecular complexity index is 412. The van der Waals surface area contributed by atoms with Crippen molar-refractivity contribution in [3.05, 3.63) is 35.9 Å². The van der Waals surface area contributed by atoms with Crippen LogP contribution in [0.5, 0.6) is 0 Å². The quantitative estimate of drug-likeness (QED) is 0.781. The Kier molecular flexibility index (Phi) is 7.98. The van der Waals surface area contributed by atoms with Gasteiger partial charge in [0.1, 0.15) is 5.78 Å². The molecule has 1 aromatic carbocycles. The van der Waals surface area contributed by atoms with Crippen molar-refractivity contribution in [1.29, 1.82) is 0 Å². The Hall–Kier alpha value is -0.860. The van der Waals surface area contributed by atoms with Crippen LogP contribution in [0.1, 0.15) is 50.0 Å². The number of Topliss-reactive ketones (excluding diaryl/α,β-unsaturated/α-hetero) is 1. The summed E-state index contributed by atoms with van der Waals surface area (Å²) < 4.78 is 0. The third kappa shape index (κ3) is 5.44. The molecule has 1 aliphatic carbocycles. The summed E-state index contributed by atoms with van der Waals surface area (Å²) >= 11 is 0. The van der Waals surface area contributed by atoms with Gasteiger partial charge in [-0.3, -0.25) is 4.79 Å². The van der Waals surface area contributed by atoms with Crippen LogP contribution in [-0.2, 0) is 4.79 Å². The summed E-state index contributed by atoms with van der Waals surface area (Å²) in [5.74, 6) is 1.11. The van der Waals surface area contributed by atoms with Crippen LogP contribution in [0, 0.1) is 5.92 Å². The molecule has 2 nitrogen and oxygen atoms in total. The van der Waals surface area contributed by atoms with Crippen molar-refractivity contribution in [3.63, 3.8) is 0 Å². The SMILES string of the molecule is CN(C)CCC(=O)C(c1ccccc1)C1CCCCC1.Cl. The van der Waals surface area contributed by atoms with Gasteiger partial charge in [0.25, 0.3) is 0 Å². The molecule has 0 saturated heterocycles. The van der Waals surface area contributed by atoms with Crippen molar-refractivity contribution in [2.24, 2.45) is 5.92 Å². The molecule has 0 N–H and O–H groups in total. The van der Waals surface area contributed by atoms with Crippen LogP contribution >= 0.6 is 12.4 Å². The minimum atomic E-state index is 0. The zero-order valence-corrected chi connectivity index (χ0v) is 14.1. The molecule has 21 heavy (non-hydrogen) atoms. The second kappa shape index (κ2) is 9.22. The molecule has 118 valence electrons. The number of ketones is 1. The summed E-state index contributed by atoms with van der Waals surface area (Å²) in [5, 5.41) is 0. The average molecular weight is 310 g/mol. The summed E-state index contributed by atoms with van der Waals surface area (Å²) in [5.41, 5.74) is 1.23. The van der Waals surface area contributed by atoms with Gasteiger partial charge >= 0.3 is 0 Å². The van der Waals surface area contributed by atoms with Crippen LogP contribution < -0.4 is 0 Å². The first-order valence-corrected chi connectivity index (χ1v) is 7.91. The molecule has 1 fully saturated rings. The lowest BCUT2D eigenvalue weighted by Gasteiger charge is -2.30. The first-order valence-electron chi connectivity index (χ1n) is 7.91. The maximum Gasteiger partial charge on any atom is 0.141 e. The number of nitrogens with zero attached hydrogens (tertiary/aromatic N) is 1. The lowest BCUT2D eigenvalue weighted by Crippen LogP contribution is -2.27. The van der Waals surface area contributed by atoms with E-state index in [2.05, 4.69) is 29.2 Å². The van der Waals surface area contributed by atoms with E-state index in [1.807, 2.05) is 20.2 Å². The molecule has 0 aromatic heterocycles. The number of benzene rings is 1. The van der Waals surface area contributed by atoms with Gasteiger partial charge < -0.3 is 4.90 Å². The van der Waals surface area contributed by atoms with E-state index in [0.717, 1.165) is 6.54 Å². The van der Waals surface area contributed by atoms with Crippen molar-refractivity contribution in [2.75, 3.05) is 20.6 Å². The van der Waals surface area contributed by atoms with E-state index < -0.39 is 0 Å². The Balaban J connectivity index is 0.00000220. The van der Waals surface area contributed by atoms with E-state index in [-0.39, 0.29) is 18.3 Å². The summed E-state index contributed by atoms with van der Waals surface area (Å²) in [4.78, 5) is 14.8. The zero-order valence-electron chi connectivity index (χ0n) is 13.3. The number of halogens is 1. The highest BCUT2D eigenvalue weighted by atomic mass is 35.5. The molecule has 2 rings (SSSR count). The van der Waals surface area contributed by atoms with Gasteiger partial charge in [-0.1, -0.05) is 49.6 Å². The number of hydrogen-bond acceptors (Lipinski definition) is 2. The van der Waals surface area contributed by atoms with E-state index in [1.54, 1.807) is 0 Å². The molecule has 1 atom stereocenters. The highest BCUT2D eigenvalue weighted by Crippen LogP contribution is 2.37. The maximum atomic E-state index is 12.7. The highest BCUT2D eigenvalue weighted by molar-refractivity contribution is 5.86. The Labute approximate surface area is 135 Å². The topological polar surface area (TPSA) is 20.3 Å². The van der Waals surface area contributed by atoms with Crippen LogP contribution in [-0.4, -0.2) is 31.3 Å². The molecule has 0 radical (unpaired) electrons. The van der Waals surface area contributed by atoms with E-state index in [9.17, 15) is 4.79 Å². The van der Waals surface area contributed by atoms with Crippen molar-refractivity contribution in [3.8, 4) is 0 Å². The minimum absolute atomic E-state index is 0. The van der Waals surface area contributed by atoms with E-state index in [0.29, 0.717) is 18.1 Å². The number of carbonyl (C=O) groups excluding carboxylic acids is 1. The second-order valence-electron chi connectivity index (χ2n) is 6.31. The number of hydrogen-bond donors (Lipinski definition) is 0. The number of rotatable bonds is 6. The Morgan fingerprint density at radius 2 is 1.76 bits per heavy atom. The second-order valence-corrected chi connectivity index (χ2v) is 6.31. The van der Waals surface area contributed by atoms with Gasteiger partial charge in [0, 0.05) is 18.9 Å². The molecule has 0 heterocycles. The summed E-state index contributed by atoms with van der Waals surface area (Å²) in [7, 11) is 4.07. The van der Waals surface area contributed by atoms with Gasteiger partial charge in [-0.2, -0.15) is 0 Å². The fourth-order valence-electron chi connectivity index (χ4n) is 3.34. The first kappa shape index (κ1) is 18.2. The summed E-state index contributed by atoms with van der Waals surface area (Å²) in [6.45, 7) is 0.856. The van der Waals surface area contributed by atoms with Crippen LogP contribution in [0.15, 0.2) is 30.3 Å².